The largest absolute Gasteiger partial charge is 0.106 e. The van der Waals surface area contributed by atoms with E-state index in [9.17, 15) is 0 Å². The van der Waals surface area contributed by atoms with Gasteiger partial charge in [0.2, 0.25) is 0 Å². The number of hydrogen-bond acceptors (Lipinski definition) is 0. The standard InChI is InChI=1S/C28H34.C2H4/c1-17-13-20-14-23-22(21(20)15-24(17)27(3,4)5)16-25(28(6,7)8)18(2)26(23)19-11-9-10-12-19;1-2/h9-13,15-16,19H,14H2,1-8H3;1-2H2. The van der Waals surface area contributed by atoms with E-state index in [0.29, 0.717) is 5.92 Å². The molecule has 2 aromatic carbocycles. The zero-order chi connectivity index (χ0) is 22.4. The fourth-order valence-electron chi connectivity index (χ4n) is 5.30. The molecule has 0 fully saturated rings. The number of aryl methyl sites for hydroxylation is 1. The Labute approximate surface area is 184 Å². The minimum Gasteiger partial charge on any atom is -0.106 e. The molecule has 0 unspecified atom stereocenters. The summed E-state index contributed by atoms with van der Waals surface area (Å²) in [5.74, 6) is 0.411. The van der Waals surface area contributed by atoms with Gasteiger partial charge >= 0.3 is 0 Å². The van der Waals surface area contributed by atoms with Gasteiger partial charge in [-0.05, 0) is 81.2 Å². The number of hydrogen-bond donors (Lipinski definition) is 0. The summed E-state index contributed by atoms with van der Waals surface area (Å²) in [5.41, 5.74) is 13.7. The fourth-order valence-corrected chi connectivity index (χ4v) is 5.30. The van der Waals surface area contributed by atoms with Crippen molar-refractivity contribution in [2.75, 3.05) is 0 Å². The van der Waals surface area contributed by atoms with Crippen molar-refractivity contribution in [2.45, 2.75) is 78.6 Å². The highest BCUT2D eigenvalue weighted by Crippen LogP contribution is 2.47. The lowest BCUT2D eigenvalue weighted by Crippen LogP contribution is -2.16. The molecule has 0 amide bonds. The highest BCUT2D eigenvalue weighted by Gasteiger charge is 2.31. The average molecular weight is 399 g/mol. The lowest BCUT2D eigenvalue weighted by Gasteiger charge is -2.28. The van der Waals surface area contributed by atoms with Gasteiger partial charge in [0.15, 0.2) is 0 Å². The van der Waals surface area contributed by atoms with Gasteiger partial charge in [-0.3, -0.25) is 0 Å². The molecule has 0 heteroatoms. The lowest BCUT2D eigenvalue weighted by molar-refractivity contribution is 0.584. The van der Waals surface area contributed by atoms with Crippen molar-refractivity contribution in [3.05, 3.63) is 94.6 Å². The monoisotopic (exact) mass is 398 g/mol. The van der Waals surface area contributed by atoms with Crippen molar-refractivity contribution in [1.82, 2.24) is 0 Å². The van der Waals surface area contributed by atoms with Gasteiger partial charge < -0.3 is 0 Å². The smallest absolute Gasteiger partial charge is 0.0210 e. The first-order valence-corrected chi connectivity index (χ1v) is 11.1. The zero-order valence-electron chi connectivity index (χ0n) is 20.2. The molecule has 0 heterocycles. The van der Waals surface area contributed by atoms with Crippen LogP contribution in [-0.2, 0) is 17.3 Å². The molecule has 2 aromatic rings. The Morgan fingerprint density at radius 2 is 1.30 bits per heavy atom. The van der Waals surface area contributed by atoms with Crippen LogP contribution in [0.25, 0.3) is 11.1 Å². The predicted molar refractivity (Wildman–Crippen MR) is 134 cm³/mol. The van der Waals surface area contributed by atoms with E-state index in [1.54, 1.807) is 11.1 Å². The van der Waals surface area contributed by atoms with Crippen LogP contribution >= 0.6 is 0 Å². The van der Waals surface area contributed by atoms with Crippen LogP contribution in [0, 0.1) is 13.8 Å². The van der Waals surface area contributed by atoms with E-state index in [1.165, 1.54) is 38.9 Å². The average Bonchev–Trinajstić information content (AvgIpc) is 3.27. The molecule has 0 spiro atoms. The molecule has 0 N–H and O–H groups in total. The summed E-state index contributed by atoms with van der Waals surface area (Å²) in [6.07, 6.45) is 10.2. The first-order chi connectivity index (χ1) is 14.0. The van der Waals surface area contributed by atoms with E-state index in [-0.39, 0.29) is 10.8 Å². The summed E-state index contributed by atoms with van der Waals surface area (Å²) in [4.78, 5) is 0. The van der Waals surface area contributed by atoms with Crippen LogP contribution in [0.5, 0.6) is 0 Å². The molecular weight excluding hydrogens is 360 g/mol. The van der Waals surface area contributed by atoms with Crippen LogP contribution in [-0.4, -0.2) is 0 Å². The van der Waals surface area contributed by atoms with Gasteiger partial charge in [0.1, 0.15) is 0 Å². The molecule has 0 bridgehead atoms. The van der Waals surface area contributed by atoms with Gasteiger partial charge in [0.05, 0.1) is 0 Å². The van der Waals surface area contributed by atoms with Crippen molar-refractivity contribution in [2.24, 2.45) is 0 Å². The third kappa shape index (κ3) is 3.73. The van der Waals surface area contributed by atoms with Crippen LogP contribution < -0.4 is 0 Å². The van der Waals surface area contributed by atoms with Crippen LogP contribution in [0.2, 0.25) is 0 Å². The van der Waals surface area contributed by atoms with Crippen LogP contribution in [0.1, 0.15) is 86.4 Å². The normalized spacial score (nSPS) is 15.1. The molecule has 2 aliphatic carbocycles. The number of rotatable bonds is 1. The van der Waals surface area contributed by atoms with Crippen LogP contribution in [0.4, 0.5) is 0 Å². The number of allylic oxidation sites excluding steroid dienone is 4. The summed E-state index contributed by atoms with van der Waals surface area (Å²) < 4.78 is 0. The Balaban J connectivity index is 0.00000124. The third-order valence-electron chi connectivity index (χ3n) is 6.55. The molecule has 0 nitrogen and oxygen atoms in total. The van der Waals surface area contributed by atoms with Crippen molar-refractivity contribution < 1.29 is 0 Å². The molecule has 0 saturated heterocycles. The molecule has 0 radical (unpaired) electrons. The first kappa shape index (κ1) is 22.3. The SMILES string of the molecule is C=C.Cc1cc2c(cc1C(C)(C)C)-c1cc(C(C)(C)C)c(C)c(C3C=CC=C3)c1C2. The van der Waals surface area contributed by atoms with Gasteiger partial charge in [0.25, 0.3) is 0 Å². The van der Waals surface area contributed by atoms with Gasteiger partial charge in [-0.15, -0.1) is 13.2 Å². The maximum atomic E-state index is 3.00. The quantitative estimate of drug-likeness (QED) is 0.360. The van der Waals surface area contributed by atoms with E-state index in [1.807, 2.05) is 0 Å². The first-order valence-electron chi connectivity index (χ1n) is 11.1. The summed E-state index contributed by atoms with van der Waals surface area (Å²) in [7, 11) is 0. The highest BCUT2D eigenvalue weighted by molar-refractivity contribution is 5.81. The third-order valence-corrected chi connectivity index (χ3v) is 6.55. The molecule has 2 aliphatic rings. The van der Waals surface area contributed by atoms with E-state index in [2.05, 4.69) is 111 Å². The molecule has 0 aromatic heterocycles. The number of fused-ring (bicyclic) bond motifs is 3. The topological polar surface area (TPSA) is 0 Å². The molecule has 0 saturated carbocycles. The van der Waals surface area contributed by atoms with Crippen molar-refractivity contribution >= 4 is 0 Å². The van der Waals surface area contributed by atoms with Crippen molar-refractivity contribution in [3.63, 3.8) is 0 Å². The van der Waals surface area contributed by atoms with E-state index in [4.69, 9.17) is 0 Å². The Morgan fingerprint density at radius 1 is 0.767 bits per heavy atom. The molecule has 0 atom stereocenters. The zero-order valence-corrected chi connectivity index (χ0v) is 20.2. The molecular formula is C30H38. The van der Waals surface area contributed by atoms with E-state index < -0.39 is 0 Å². The molecule has 30 heavy (non-hydrogen) atoms. The van der Waals surface area contributed by atoms with Gasteiger partial charge in [-0.2, -0.15) is 0 Å². The molecule has 4 rings (SSSR count). The Morgan fingerprint density at radius 3 is 1.83 bits per heavy atom. The van der Waals surface area contributed by atoms with Gasteiger partial charge in [-0.25, -0.2) is 0 Å². The maximum Gasteiger partial charge on any atom is 0.0210 e. The minimum absolute atomic E-state index is 0.139. The van der Waals surface area contributed by atoms with Crippen LogP contribution in [0.3, 0.4) is 0 Å². The van der Waals surface area contributed by atoms with Crippen LogP contribution in [0.15, 0.2) is 55.7 Å². The van der Waals surface area contributed by atoms with E-state index >= 15 is 0 Å². The van der Waals surface area contributed by atoms with Crippen molar-refractivity contribution in [1.29, 1.82) is 0 Å². The Kier molecular flexibility index (Phi) is 5.76. The Bertz CT molecular complexity index is 1020. The Hall–Kier alpha value is -2.34. The molecule has 158 valence electrons. The fraction of sp³-hybridized carbons (Fsp3) is 0.400. The maximum absolute atomic E-state index is 3.00. The van der Waals surface area contributed by atoms with E-state index in [0.717, 1.165) is 6.42 Å². The predicted octanol–water partition coefficient (Wildman–Crippen LogP) is 8.48. The summed E-state index contributed by atoms with van der Waals surface area (Å²) in [6, 6.07) is 7.44. The lowest BCUT2D eigenvalue weighted by atomic mass is 9.77. The highest BCUT2D eigenvalue weighted by atomic mass is 14.3. The summed E-state index contributed by atoms with van der Waals surface area (Å²) in [6.45, 7) is 24.6. The van der Waals surface area contributed by atoms with Crippen molar-refractivity contribution in [3.8, 4) is 11.1 Å². The summed E-state index contributed by atoms with van der Waals surface area (Å²) >= 11 is 0. The second-order valence-corrected chi connectivity index (χ2v) is 10.8. The second-order valence-electron chi connectivity index (χ2n) is 10.8. The second kappa shape index (κ2) is 7.73. The summed E-state index contributed by atoms with van der Waals surface area (Å²) in [5, 5.41) is 0. The molecule has 0 aliphatic heterocycles. The van der Waals surface area contributed by atoms with Gasteiger partial charge in [-0.1, -0.05) is 84.0 Å². The van der Waals surface area contributed by atoms with Gasteiger partial charge in [0, 0.05) is 5.92 Å². The minimum atomic E-state index is 0.139. The number of benzene rings is 2.